The highest BCUT2D eigenvalue weighted by Gasteiger charge is 2.30. The molecule has 10 nitrogen and oxygen atoms in total. The number of benzene rings is 1. The Morgan fingerprint density at radius 1 is 1.02 bits per heavy atom. The Labute approximate surface area is 257 Å². The number of thiophene rings is 1. The van der Waals surface area contributed by atoms with Crippen LogP contribution in [0.5, 0.6) is 0 Å². The lowest BCUT2D eigenvalue weighted by atomic mass is 9.94. The van der Waals surface area contributed by atoms with Gasteiger partial charge in [-0.2, -0.15) is 0 Å². The van der Waals surface area contributed by atoms with Crippen LogP contribution in [-0.4, -0.2) is 90.5 Å². The molecule has 5 rings (SSSR count). The van der Waals surface area contributed by atoms with Crippen molar-refractivity contribution in [3.05, 3.63) is 63.6 Å². The van der Waals surface area contributed by atoms with Crippen molar-refractivity contribution in [1.29, 1.82) is 0 Å². The van der Waals surface area contributed by atoms with Gasteiger partial charge in [-0.1, -0.05) is 32.9 Å². The average Bonchev–Trinajstić information content (AvgIpc) is 3.40. The van der Waals surface area contributed by atoms with Crippen LogP contribution in [0.3, 0.4) is 0 Å². The molecule has 11 heteroatoms. The van der Waals surface area contributed by atoms with Gasteiger partial charge in [0.25, 0.3) is 5.91 Å². The molecule has 4 heterocycles. The van der Waals surface area contributed by atoms with Crippen molar-refractivity contribution in [2.24, 2.45) is 0 Å². The predicted molar refractivity (Wildman–Crippen MR) is 170 cm³/mol. The number of likely N-dealkylation sites (N-methyl/N-ethyl adjacent to an activating group) is 1. The molecule has 0 atom stereocenters. The summed E-state index contributed by atoms with van der Waals surface area (Å²) >= 11 is 1.36. The van der Waals surface area contributed by atoms with Crippen LogP contribution < -0.4 is 10.6 Å². The van der Waals surface area contributed by atoms with E-state index in [9.17, 15) is 14.4 Å². The molecule has 2 aliphatic heterocycles. The minimum Gasteiger partial charge on any atom is -0.379 e. The second-order valence-electron chi connectivity index (χ2n) is 12.2. The summed E-state index contributed by atoms with van der Waals surface area (Å²) in [5, 5.41) is 5.83. The quantitative estimate of drug-likeness (QED) is 0.419. The molecule has 0 bridgehead atoms. The van der Waals surface area contributed by atoms with Crippen LogP contribution in [-0.2, 0) is 21.5 Å². The monoisotopic (exact) mass is 604 g/mol. The lowest BCUT2D eigenvalue weighted by Crippen LogP contribution is -2.50. The van der Waals surface area contributed by atoms with Crippen LogP contribution in [0.25, 0.3) is 11.1 Å². The first kappa shape index (κ1) is 30.7. The molecule has 0 aliphatic carbocycles. The first-order valence-electron chi connectivity index (χ1n) is 14.6. The van der Waals surface area contributed by atoms with E-state index in [-0.39, 0.29) is 23.8 Å². The van der Waals surface area contributed by atoms with Gasteiger partial charge < -0.3 is 25.2 Å². The van der Waals surface area contributed by atoms with Crippen LogP contribution in [0.1, 0.15) is 46.6 Å². The molecule has 1 aromatic carbocycles. The third kappa shape index (κ3) is 7.41. The lowest BCUT2D eigenvalue weighted by Gasteiger charge is -2.31. The van der Waals surface area contributed by atoms with Crippen LogP contribution in [0.4, 0.5) is 16.2 Å². The van der Waals surface area contributed by atoms with Crippen LogP contribution in [0, 0.1) is 6.92 Å². The third-order valence-corrected chi connectivity index (χ3v) is 9.33. The zero-order valence-corrected chi connectivity index (χ0v) is 26.3. The van der Waals surface area contributed by atoms with E-state index in [4.69, 9.17) is 9.72 Å². The van der Waals surface area contributed by atoms with E-state index in [1.807, 2.05) is 43.5 Å². The Hall–Kier alpha value is -3.80. The topological polar surface area (TPSA) is 107 Å². The van der Waals surface area contributed by atoms with Gasteiger partial charge in [-0.3, -0.25) is 19.5 Å². The van der Waals surface area contributed by atoms with Gasteiger partial charge in [0.15, 0.2) is 0 Å². The number of carbonyl (C=O) groups is 3. The van der Waals surface area contributed by atoms with Crippen molar-refractivity contribution < 1.29 is 19.1 Å². The largest absolute Gasteiger partial charge is 0.379 e. The molecule has 43 heavy (non-hydrogen) atoms. The van der Waals surface area contributed by atoms with Crippen molar-refractivity contribution in [1.82, 2.24) is 19.7 Å². The highest BCUT2D eigenvalue weighted by atomic mass is 32.1. The second kappa shape index (κ2) is 12.8. The zero-order valence-electron chi connectivity index (χ0n) is 25.5. The van der Waals surface area contributed by atoms with Gasteiger partial charge in [-0.15, -0.1) is 11.3 Å². The maximum atomic E-state index is 13.5. The Morgan fingerprint density at radius 2 is 1.79 bits per heavy atom. The van der Waals surface area contributed by atoms with Crippen molar-refractivity contribution >= 4 is 40.6 Å². The third-order valence-electron chi connectivity index (χ3n) is 7.78. The summed E-state index contributed by atoms with van der Waals surface area (Å²) in [7, 11) is 1.74. The fourth-order valence-corrected chi connectivity index (χ4v) is 6.19. The molecule has 3 aromatic rings. The number of amides is 4. The number of urea groups is 1. The Bertz CT molecular complexity index is 1490. The van der Waals surface area contributed by atoms with Gasteiger partial charge in [-0.05, 0) is 47.7 Å². The number of rotatable bonds is 6. The minimum atomic E-state index is -0.449. The number of anilines is 2. The average molecular weight is 605 g/mol. The fourth-order valence-electron chi connectivity index (χ4n) is 5.05. The van der Waals surface area contributed by atoms with Crippen molar-refractivity contribution in [3.8, 4) is 11.1 Å². The van der Waals surface area contributed by atoms with E-state index in [1.165, 1.54) is 11.3 Å². The molecule has 2 aliphatic rings. The summed E-state index contributed by atoms with van der Waals surface area (Å²) in [6, 6.07) is 11.3. The van der Waals surface area contributed by atoms with Gasteiger partial charge in [0.2, 0.25) is 5.91 Å². The molecule has 228 valence electrons. The zero-order chi connectivity index (χ0) is 30.7. The van der Waals surface area contributed by atoms with Crippen LogP contribution in [0.2, 0.25) is 0 Å². The molecule has 2 aromatic heterocycles. The lowest BCUT2D eigenvalue weighted by molar-refractivity contribution is -0.133. The summed E-state index contributed by atoms with van der Waals surface area (Å²) in [5.41, 5.74) is 4.87. The molecule has 0 unspecified atom stereocenters. The summed E-state index contributed by atoms with van der Waals surface area (Å²) in [6.07, 6.45) is 1.88. The summed E-state index contributed by atoms with van der Waals surface area (Å²) in [5.74, 6) is -0.351. The van der Waals surface area contributed by atoms with E-state index in [0.29, 0.717) is 29.3 Å². The number of nitrogens with zero attached hydrogens (tertiary/aromatic N) is 4. The number of aryl methyl sites for hydroxylation is 1. The number of hydrogen-bond donors (Lipinski definition) is 2. The highest BCUT2D eigenvalue weighted by molar-refractivity contribution is 7.14. The van der Waals surface area contributed by atoms with E-state index in [1.54, 1.807) is 16.8 Å². The molecule has 4 amide bonds. The maximum Gasteiger partial charge on any atom is 0.323 e. The maximum absolute atomic E-state index is 13.5. The number of piperazine rings is 1. The SMILES string of the molecule is Cc1ccc(NC(=O)Nc2cc(C(C)(C)C)sc2C(=O)N2CCN(C)C(=O)C2)cc1-c1ccc(CN2CCOCC2)nc1. The van der Waals surface area contributed by atoms with E-state index >= 15 is 0 Å². The van der Waals surface area contributed by atoms with Gasteiger partial charge in [-0.25, -0.2) is 4.79 Å². The minimum absolute atomic E-state index is 0.0267. The van der Waals surface area contributed by atoms with Crippen molar-refractivity contribution in [3.63, 3.8) is 0 Å². The molecular formula is C32H40N6O4S. The number of ether oxygens (including phenoxy) is 1. The fraction of sp³-hybridized carbons (Fsp3) is 0.438. The standard InChI is InChI=1S/C32H40N6O4S/c1-21-6-8-23(16-25(21)22-7-9-24(33-18-22)19-37-12-14-42-15-13-37)34-31(41)35-26-17-27(32(2,3)4)43-29(26)30(40)38-11-10-36(5)28(39)20-38/h6-9,16-18H,10-15,19-20H2,1-5H3,(H2,34,35,41). The summed E-state index contributed by atoms with van der Waals surface area (Å²) in [4.78, 5) is 50.6. The van der Waals surface area contributed by atoms with Gasteiger partial charge >= 0.3 is 6.03 Å². The van der Waals surface area contributed by atoms with E-state index in [2.05, 4.69) is 42.4 Å². The smallest absolute Gasteiger partial charge is 0.323 e. The molecular weight excluding hydrogens is 564 g/mol. The molecule has 2 N–H and O–H groups in total. The highest BCUT2D eigenvalue weighted by Crippen LogP contribution is 2.36. The Morgan fingerprint density at radius 3 is 2.47 bits per heavy atom. The Kier molecular flexibility index (Phi) is 9.14. The van der Waals surface area contributed by atoms with Gasteiger partial charge in [0.1, 0.15) is 11.4 Å². The number of pyridine rings is 1. The van der Waals surface area contributed by atoms with Crippen molar-refractivity contribution in [2.45, 2.75) is 39.7 Å². The van der Waals surface area contributed by atoms with E-state index in [0.717, 1.165) is 60.1 Å². The number of nitrogens with one attached hydrogen (secondary N) is 2. The normalized spacial score (nSPS) is 16.3. The number of carbonyl (C=O) groups excluding carboxylic acids is 3. The first-order valence-corrected chi connectivity index (χ1v) is 15.4. The molecule has 2 fully saturated rings. The van der Waals surface area contributed by atoms with Gasteiger partial charge in [0.05, 0.1) is 24.6 Å². The predicted octanol–water partition coefficient (Wildman–Crippen LogP) is 4.81. The van der Waals surface area contributed by atoms with Crippen LogP contribution >= 0.6 is 11.3 Å². The van der Waals surface area contributed by atoms with Crippen LogP contribution in [0.15, 0.2) is 42.6 Å². The number of hydrogen-bond acceptors (Lipinski definition) is 7. The first-order chi connectivity index (χ1) is 20.5. The number of morpholine rings is 1. The molecule has 0 spiro atoms. The van der Waals surface area contributed by atoms with Gasteiger partial charge in [0, 0.05) is 62.1 Å². The van der Waals surface area contributed by atoms with E-state index < -0.39 is 6.03 Å². The second-order valence-corrected chi connectivity index (χ2v) is 13.2. The summed E-state index contributed by atoms with van der Waals surface area (Å²) in [6.45, 7) is 13.3. The molecule has 0 saturated carbocycles. The molecule has 0 radical (unpaired) electrons. The van der Waals surface area contributed by atoms with Crippen molar-refractivity contribution in [2.75, 3.05) is 63.6 Å². The Balaban J connectivity index is 1.30. The summed E-state index contributed by atoms with van der Waals surface area (Å²) < 4.78 is 5.44. The molecule has 2 saturated heterocycles. The number of aromatic nitrogens is 1.